The number of aromatic carboxylic acids is 1. The van der Waals surface area contributed by atoms with Crippen molar-refractivity contribution in [2.24, 2.45) is 5.41 Å². The molecule has 7 heteroatoms. The highest BCUT2D eigenvalue weighted by atomic mass is 32.1. The second-order valence-electron chi connectivity index (χ2n) is 8.40. The Balaban J connectivity index is 1.40. The standard InChI is InChI=1S/C24H20N2O4S/c1-24(11-17-15-7-2-3-8-16(15)18(24)10-20(17)27)22(30)26-23-25-19(12-31-23)13-5-4-6-14(9-13)21(28)29/h2-9,12,17-18H,10-11H2,1H3,(H,28,29)(H,25,26,30). The molecule has 6 nitrogen and oxygen atoms in total. The van der Waals surface area contributed by atoms with Crippen molar-refractivity contribution in [3.8, 4) is 11.3 Å². The second kappa shape index (κ2) is 7.13. The monoisotopic (exact) mass is 432 g/mol. The van der Waals surface area contributed by atoms with Crippen LogP contribution in [0, 0.1) is 5.41 Å². The number of aromatic nitrogens is 1. The average molecular weight is 433 g/mol. The molecule has 1 amide bonds. The lowest BCUT2D eigenvalue weighted by molar-refractivity contribution is -0.134. The van der Waals surface area contributed by atoms with Crippen LogP contribution in [0.4, 0.5) is 5.13 Å². The van der Waals surface area contributed by atoms with Crippen LogP contribution in [0.1, 0.15) is 53.1 Å². The van der Waals surface area contributed by atoms with Gasteiger partial charge in [0.2, 0.25) is 5.91 Å². The van der Waals surface area contributed by atoms with Gasteiger partial charge in [-0.3, -0.25) is 9.59 Å². The molecule has 2 bridgehead atoms. The van der Waals surface area contributed by atoms with Crippen LogP contribution in [0.5, 0.6) is 0 Å². The Kier molecular flexibility index (Phi) is 4.51. The van der Waals surface area contributed by atoms with E-state index in [1.807, 2.05) is 31.2 Å². The smallest absolute Gasteiger partial charge is 0.335 e. The van der Waals surface area contributed by atoms with Gasteiger partial charge in [0, 0.05) is 29.2 Å². The number of nitrogens with one attached hydrogen (secondary N) is 1. The Morgan fingerprint density at radius 3 is 2.71 bits per heavy atom. The van der Waals surface area contributed by atoms with Crippen molar-refractivity contribution in [3.63, 3.8) is 0 Å². The molecule has 1 saturated carbocycles. The fraction of sp³-hybridized carbons (Fsp3) is 0.250. The van der Waals surface area contributed by atoms with Crippen molar-refractivity contribution in [1.29, 1.82) is 0 Å². The summed E-state index contributed by atoms with van der Waals surface area (Å²) in [6.07, 6.45) is 0.884. The maximum atomic E-state index is 13.4. The van der Waals surface area contributed by atoms with Crippen LogP contribution in [0.25, 0.3) is 11.3 Å². The Morgan fingerprint density at radius 2 is 1.94 bits per heavy atom. The van der Waals surface area contributed by atoms with Crippen molar-refractivity contribution >= 4 is 34.1 Å². The largest absolute Gasteiger partial charge is 0.478 e. The summed E-state index contributed by atoms with van der Waals surface area (Å²) < 4.78 is 0. The topological polar surface area (TPSA) is 96.4 Å². The van der Waals surface area contributed by atoms with Crippen molar-refractivity contribution < 1.29 is 19.5 Å². The number of thiazole rings is 1. The highest BCUT2D eigenvalue weighted by Gasteiger charge is 2.54. The third-order valence-corrected chi connectivity index (χ3v) is 7.34. The van der Waals surface area contributed by atoms with E-state index in [-0.39, 0.29) is 29.1 Å². The molecule has 156 valence electrons. The van der Waals surface area contributed by atoms with Crippen LogP contribution >= 0.6 is 11.3 Å². The minimum absolute atomic E-state index is 0.135. The Labute approximate surface area is 183 Å². The molecule has 3 aromatic rings. The molecule has 6 rings (SSSR count). The van der Waals surface area contributed by atoms with Crippen LogP contribution < -0.4 is 5.32 Å². The first-order chi connectivity index (χ1) is 14.9. The van der Waals surface area contributed by atoms with Gasteiger partial charge in [0.05, 0.1) is 16.7 Å². The van der Waals surface area contributed by atoms with Gasteiger partial charge in [-0.1, -0.05) is 43.3 Å². The molecule has 1 heterocycles. The fourth-order valence-electron chi connectivity index (χ4n) is 4.90. The van der Waals surface area contributed by atoms with Gasteiger partial charge in [-0.2, -0.15) is 0 Å². The van der Waals surface area contributed by atoms with E-state index in [2.05, 4.69) is 10.3 Å². The van der Waals surface area contributed by atoms with Crippen LogP contribution in [-0.4, -0.2) is 27.8 Å². The van der Waals surface area contributed by atoms with E-state index in [9.17, 15) is 19.5 Å². The van der Waals surface area contributed by atoms with E-state index in [0.29, 0.717) is 29.2 Å². The van der Waals surface area contributed by atoms with E-state index >= 15 is 0 Å². The summed E-state index contributed by atoms with van der Waals surface area (Å²) in [7, 11) is 0. The summed E-state index contributed by atoms with van der Waals surface area (Å²) in [5, 5.41) is 14.4. The minimum atomic E-state index is -0.999. The molecule has 1 fully saturated rings. The summed E-state index contributed by atoms with van der Waals surface area (Å²) in [6, 6.07) is 14.5. The Bertz CT molecular complexity index is 1230. The molecule has 3 aliphatic carbocycles. The van der Waals surface area contributed by atoms with Gasteiger partial charge >= 0.3 is 5.97 Å². The maximum absolute atomic E-state index is 13.4. The number of benzene rings is 2. The number of hydrogen-bond acceptors (Lipinski definition) is 5. The van der Waals surface area contributed by atoms with Crippen molar-refractivity contribution in [1.82, 2.24) is 4.98 Å². The van der Waals surface area contributed by atoms with E-state index in [1.165, 1.54) is 17.4 Å². The van der Waals surface area contributed by atoms with Crippen molar-refractivity contribution in [2.45, 2.75) is 31.6 Å². The lowest BCUT2D eigenvalue weighted by atomic mass is 9.54. The third kappa shape index (κ3) is 3.16. The summed E-state index contributed by atoms with van der Waals surface area (Å²) in [6.45, 7) is 1.94. The zero-order chi connectivity index (χ0) is 21.8. The van der Waals surface area contributed by atoms with E-state index in [0.717, 1.165) is 11.1 Å². The Hall–Kier alpha value is -3.32. The second-order valence-corrected chi connectivity index (χ2v) is 9.26. The number of fused-ring (bicyclic) bond motifs is 2. The van der Waals surface area contributed by atoms with E-state index in [4.69, 9.17) is 0 Å². The molecule has 0 spiro atoms. The normalized spacial score (nSPS) is 24.0. The van der Waals surface area contributed by atoms with Gasteiger partial charge in [0.1, 0.15) is 5.78 Å². The number of amides is 1. The van der Waals surface area contributed by atoms with Crippen LogP contribution in [-0.2, 0) is 9.59 Å². The summed E-state index contributed by atoms with van der Waals surface area (Å²) in [4.78, 5) is 41.6. The first-order valence-electron chi connectivity index (χ1n) is 10.1. The predicted octanol–water partition coefficient (Wildman–Crippen LogP) is 4.70. The highest BCUT2D eigenvalue weighted by molar-refractivity contribution is 7.14. The van der Waals surface area contributed by atoms with Crippen LogP contribution in [0.2, 0.25) is 0 Å². The Morgan fingerprint density at radius 1 is 1.16 bits per heavy atom. The number of carboxylic acid groups (broad SMARTS) is 1. The summed E-state index contributed by atoms with van der Waals surface area (Å²) in [5.41, 5.74) is 2.94. The first-order valence-corrected chi connectivity index (χ1v) is 11.0. The summed E-state index contributed by atoms with van der Waals surface area (Å²) >= 11 is 1.30. The number of Topliss-reactive ketones (excluding diaryl/α,β-unsaturated/α-hetero) is 1. The zero-order valence-electron chi connectivity index (χ0n) is 16.8. The maximum Gasteiger partial charge on any atom is 0.335 e. The molecule has 2 N–H and O–H groups in total. The summed E-state index contributed by atoms with van der Waals surface area (Å²) in [5.74, 6) is -1.30. The van der Waals surface area contributed by atoms with Gasteiger partial charge < -0.3 is 10.4 Å². The number of ketones is 1. The number of carbonyl (C=O) groups excluding carboxylic acids is 2. The number of carbonyl (C=O) groups is 3. The molecule has 1 aromatic heterocycles. The van der Waals surface area contributed by atoms with Gasteiger partial charge in [-0.25, -0.2) is 9.78 Å². The van der Waals surface area contributed by atoms with E-state index < -0.39 is 11.4 Å². The molecular weight excluding hydrogens is 412 g/mol. The zero-order valence-corrected chi connectivity index (χ0v) is 17.6. The first kappa shape index (κ1) is 19.6. The van der Waals surface area contributed by atoms with Gasteiger partial charge in [0.15, 0.2) is 5.13 Å². The highest BCUT2D eigenvalue weighted by Crippen LogP contribution is 2.57. The molecule has 0 saturated heterocycles. The number of anilines is 1. The van der Waals surface area contributed by atoms with Gasteiger partial charge in [-0.15, -0.1) is 11.3 Å². The molecule has 0 radical (unpaired) electrons. The quantitative estimate of drug-likeness (QED) is 0.623. The third-order valence-electron chi connectivity index (χ3n) is 6.59. The number of nitrogens with zero attached hydrogens (tertiary/aromatic N) is 1. The van der Waals surface area contributed by atoms with Crippen LogP contribution in [0.3, 0.4) is 0 Å². The van der Waals surface area contributed by atoms with Crippen molar-refractivity contribution in [2.75, 3.05) is 5.32 Å². The molecular formula is C24H20N2O4S. The molecule has 31 heavy (non-hydrogen) atoms. The molecule has 3 unspecified atom stereocenters. The van der Waals surface area contributed by atoms with Crippen LogP contribution in [0.15, 0.2) is 53.9 Å². The number of carboxylic acids is 1. The minimum Gasteiger partial charge on any atom is -0.478 e. The average Bonchev–Trinajstić information content (AvgIpc) is 3.23. The van der Waals surface area contributed by atoms with Crippen molar-refractivity contribution in [3.05, 3.63) is 70.6 Å². The SMILES string of the molecule is CC1(C(=O)Nc2nc(-c3cccc(C(=O)O)c3)cs2)CC2C(=O)CC1c1ccccc12. The lowest BCUT2D eigenvalue weighted by Gasteiger charge is -2.48. The molecule has 3 aliphatic rings. The molecule has 2 aromatic carbocycles. The van der Waals surface area contributed by atoms with Gasteiger partial charge in [0.25, 0.3) is 0 Å². The fourth-order valence-corrected chi connectivity index (χ4v) is 5.61. The van der Waals surface area contributed by atoms with E-state index in [1.54, 1.807) is 23.6 Å². The number of hydrogen-bond donors (Lipinski definition) is 2. The predicted molar refractivity (Wildman–Crippen MR) is 117 cm³/mol. The lowest BCUT2D eigenvalue weighted by Crippen LogP contribution is -2.49. The number of rotatable bonds is 4. The molecule has 0 aliphatic heterocycles. The van der Waals surface area contributed by atoms with Gasteiger partial charge in [-0.05, 0) is 29.7 Å². The molecule has 3 atom stereocenters.